The molecule has 5 aromatic carbocycles. The van der Waals surface area contributed by atoms with E-state index in [9.17, 15) is 0 Å². The van der Waals surface area contributed by atoms with Gasteiger partial charge in [0.2, 0.25) is 0 Å². The molecule has 0 amide bonds. The third kappa shape index (κ3) is 7.34. The molecule has 0 aliphatic rings. The highest BCUT2D eigenvalue weighted by molar-refractivity contribution is 5.81. The van der Waals surface area contributed by atoms with Gasteiger partial charge in [-0.25, -0.2) is 0 Å². The lowest BCUT2D eigenvalue weighted by molar-refractivity contribution is 0.590. The molecule has 0 aromatic heterocycles. The minimum Gasteiger partial charge on any atom is -0.311 e. The second kappa shape index (κ2) is 13.4. The van der Waals surface area contributed by atoms with Crippen molar-refractivity contribution in [2.24, 2.45) is 0 Å². The second-order valence-corrected chi connectivity index (χ2v) is 14.2. The minimum atomic E-state index is 0.105. The van der Waals surface area contributed by atoms with Crippen LogP contribution in [0.2, 0.25) is 0 Å². The van der Waals surface area contributed by atoms with Crippen molar-refractivity contribution in [3.8, 4) is 0 Å². The normalized spacial score (nSPS) is 11.8. The van der Waals surface area contributed by atoms with Crippen molar-refractivity contribution in [2.45, 2.75) is 85.5 Å². The Bertz CT molecular complexity index is 1600. The monoisotopic (exact) mass is 594 g/mol. The first-order valence-electron chi connectivity index (χ1n) is 16.5. The SMILES string of the molecule is CC(C)c1ccc(N(c2ccc(C(C)C)cc2)c2ccc(N(c3ccc(C(C)C)cc3)c3ccc(C(C)(C)C)cc3)cc2)cc1. The third-order valence-electron chi connectivity index (χ3n) is 8.81. The fourth-order valence-corrected chi connectivity index (χ4v) is 5.78. The third-order valence-corrected chi connectivity index (χ3v) is 8.81. The summed E-state index contributed by atoms with van der Waals surface area (Å²) in [7, 11) is 0. The highest BCUT2D eigenvalue weighted by atomic mass is 15.2. The zero-order chi connectivity index (χ0) is 32.3. The van der Waals surface area contributed by atoms with Crippen LogP contribution in [0.25, 0.3) is 0 Å². The van der Waals surface area contributed by atoms with Crippen LogP contribution >= 0.6 is 0 Å². The van der Waals surface area contributed by atoms with Crippen molar-refractivity contribution in [1.29, 1.82) is 0 Å². The van der Waals surface area contributed by atoms with Gasteiger partial charge in [-0.1, -0.05) is 111 Å². The smallest absolute Gasteiger partial charge is 0.0463 e. The van der Waals surface area contributed by atoms with Crippen LogP contribution in [0, 0.1) is 0 Å². The maximum absolute atomic E-state index is 2.36. The van der Waals surface area contributed by atoms with Gasteiger partial charge in [-0.3, -0.25) is 0 Å². The molecule has 0 atom stereocenters. The highest BCUT2D eigenvalue weighted by Crippen LogP contribution is 2.40. The van der Waals surface area contributed by atoms with E-state index in [0.29, 0.717) is 17.8 Å². The molecular weight excluding hydrogens is 544 g/mol. The topological polar surface area (TPSA) is 6.48 Å². The van der Waals surface area contributed by atoms with Gasteiger partial charge in [-0.05, 0) is 118 Å². The van der Waals surface area contributed by atoms with Gasteiger partial charge in [-0.15, -0.1) is 0 Å². The van der Waals surface area contributed by atoms with Crippen molar-refractivity contribution in [1.82, 2.24) is 0 Å². The van der Waals surface area contributed by atoms with Crippen molar-refractivity contribution < 1.29 is 0 Å². The maximum Gasteiger partial charge on any atom is 0.0463 e. The number of hydrogen-bond acceptors (Lipinski definition) is 2. The highest BCUT2D eigenvalue weighted by Gasteiger charge is 2.19. The van der Waals surface area contributed by atoms with Crippen molar-refractivity contribution >= 4 is 34.1 Å². The lowest BCUT2D eigenvalue weighted by atomic mass is 9.87. The predicted molar refractivity (Wildman–Crippen MR) is 197 cm³/mol. The number of anilines is 6. The molecular formula is C43H50N2. The van der Waals surface area contributed by atoms with Gasteiger partial charge >= 0.3 is 0 Å². The van der Waals surface area contributed by atoms with Crippen molar-refractivity contribution in [3.05, 3.63) is 144 Å². The molecule has 2 nitrogen and oxygen atoms in total. The molecule has 45 heavy (non-hydrogen) atoms. The first-order valence-corrected chi connectivity index (χ1v) is 16.5. The predicted octanol–water partition coefficient (Wildman–Crippen LogP) is 13.3. The zero-order valence-electron chi connectivity index (χ0n) is 28.7. The van der Waals surface area contributed by atoms with Gasteiger partial charge in [-0.2, -0.15) is 0 Å². The van der Waals surface area contributed by atoms with Gasteiger partial charge in [0.1, 0.15) is 0 Å². The van der Waals surface area contributed by atoms with E-state index in [4.69, 9.17) is 0 Å². The van der Waals surface area contributed by atoms with Crippen molar-refractivity contribution in [2.75, 3.05) is 9.80 Å². The summed E-state index contributed by atoms with van der Waals surface area (Å²) in [5.41, 5.74) is 12.4. The standard InChI is InChI=1S/C43H50N2/c1-30(2)33-10-18-37(19-11-33)44(38-20-12-34(13-21-38)31(3)4)41-26-28-42(29-27-41)45(39-22-14-35(15-23-39)32(5)6)40-24-16-36(17-25-40)43(7,8)9/h10-32H,1-9H3. The molecule has 0 heterocycles. The molecule has 232 valence electrons. The number of rotatable bonds is 9. The van der Waals surface area contributed by atoms with E-state index >= 15 is 0 Å². The van der Waals surface area contributed by atoms with E-state index in [1.54, 1.807) is 0 Å². The molecule has 0 fully saturated rings. The Morgan fingerprint density at radius 3 is 0.733 bits per heavy atom. The molecule has 0 radical (unpaired) electrons. The van der Waals surface area contributed by atoms with Crippen LogP contribution in [0.15, 0.2) is 121 Å². The van der Waals surface area contributed by atoms with E-state index in [1.807, 2.05) is 0 Å². The first kappa shape index (κ1) is 32.1. The van der Waals surface area contributed by atoms with Gasteiger partial charge in [0.05, 0.1) is 0 Å². The van der Waals surface area contributed by atoms with Crippen molar-refractivity contribution in [3.63, 3.8) is 0 Å². The van der Waals surface area contributed by atoms with Crippen LogP contribution < -0.4 is 9.80 Å². The van der Waals surface area contributed by atoms with E-state index in [1.165, 1.54) is 22.3 Å². The minimum absolute atomic E-state index is 0.105. The second-order valence-electron chi connectivity index (χ2n) is 14.2. The van der Waals surface area contributed by atoms with Gasteiger partial charge < -0.3 is 9.80 Å². The van der Waals surface area contributed by atoms with E-state index in [2.05, 4.69) is 193 Å². The van der Waals surface area contributed by atoms with E-state index in [-0.39, 0.29) is 5.41 Å². The summed E-state index contributed by atoms with van der Waals surface area (Å²) in [4.78, 5) is 4.72. The maximum atomic E-state index is 2.36. The summed E-state index contributed by atoms with van der Waals surface area (Å²) in [6.07, 6.45) is 0. The Kier molecular flexibility index (Phi) is 9.53. The summed E-state index contributed by atoms with van der Waals surface area (Å²) in [6.45, 7) is 20.3. The molecule has 0 saturated heterocycles. The molecule has 0 bridgehead atoms. The fraction of sp³-hybridized carbons (Fsp3) is 0.302. The van der Waals surface area contributed by atoms with Crippen LogP contribution in [0.5, 0.6) is 0 Å². The molecule has 0 N–H and O–H groups in total. The zero-order valence-corrected chi connectivity index (χ0v) is 28.7. The van der Waals surface area contributed by atoms with Gasteiger partial charge in [0.15, 0.2) is 0 Å². The van der Waals surface area contributed by atoms with Gasteiger partial charge in [0.25, 0.3) is 0 Å². The summed E-state index contributed by atoms with van der Waals surface area (Å²) >= 11 is 0. The summed E-state index contributed by atoms with van der Waals surface area (Å²) in [6, 6.07) is 45.1. The average molecular weight is 595 g/mol. The number of nitrogens with zero attached hydrogens (tertiary/aromatic N) is 2. The summed E-state index contributed by atoms with van der Waals surface area (Å²) < 4.78 is 0. The summed E-state index contributed by atoms with van der Waals surface area (Å²) in [5, 5.41) is 0. The first-order chi connectivity index (χ1) is 21.4. The Balaban J connectivity index is 1.57. The Labute approximate surface area is 272 Å². The lowest BCUT2D eigenvalue weighted by Gasteiger charge is -2.29. The quantitative estimate of drug-likeness (QED) is 0.167. The number of hydrogen-bond donors (Lipinski definition) is 0. The Morgan fingerprint density at radius 2 is 0.533 bits per heavy atom. The lowest BCUT2D eigenvalue weighted by Crippen LogP contribution is -2.14. The van der Waals surface area contributed by atoms with Crippen LogP contribution in [0.3, 0.4) is 0 Å². The molecule has 0 spiro atoms. The largest absolute Gasteiger partial charge is 0.311 e. The van der Waals surface area contributed by atoms with Crippen LogP contribution in [-0.2, 0) is 5.41 Å². The fourth-order valence-electron chi connectivity index (χ4n) is 5.78. The Hall–Kier alpha value is -4.30. The molecule has 2 heteroatoms. The number of benzene rings is 5. The molecule has 0 saturated carbocycles. The summed E-state index contributed by atoms with van der Waals surface area (Å²) in [5.74, 6) is 1.48. The van der Waals surface area contributed by atoms with Crippen LogP contribution in [0.1, 0.15) is 102 Å². The van der Waals surface area contributed by atoms with Crippen LogP contribution in [0.4, 0.5) is 34.1 Å². The molecule has 0 aliphatic heterocycles. The molecule has 5 rings (SSSR count). The molecule has 0 aliphatic carbocycles. The Morgan fingerprint density at radius 1 is 0.333 bits per heavy atom. The van der Waals surface area contributed by atoms with E-state index < -0.39 is 0 Å². The average Bonchev–Trinajstić information content (AvgIpc) is 3.03. The van der Waals surface area contributed by atoms with Crippen LogP contribution in [-0.4, -0.2) is 0 Å². The molecule has 5 aromatic rings. The van der Waals surface area contributed by atoms with Gasteiger partial charge in [0, 0.05) is 34.1 Å². The molecule has 0 unspecified atom stereocenters. The van der Waals surface area contributed by atoms with E-state index in [0.717, 1.165) is 34.1 Å².